The average molecular weight is 401 g/mol. The van der Waals surface area contributed by atoms with E-state index in [2.05, 4.69) is 5.32 Å². The molecule has 0 saturated carbocycles. The quantitative estimate of drug-likeness (QED) is 0.651. The number of carbonyl (C=O) groups excluding carboxylic acids is 1. The summed E-state index contributed by atoms with van der Waals surface area (Å²) in [6.45, 7) is 6.41. The van der Waals surface area contributed by atoms with E-state index in [0.29, 0.717) is 18.8 Å². The molecular weight excluding hydrogens is 376 g/mol. The van der Waals surface area contributed by atoms with Crippen LogP contribution in [0.4, 0.5) is 5.69 Å². The number of furan rings is 1. The molecule has 0 bridgehead atoms. The van der Waals surface area contributed by atoms with Gasteiger partial charge in [0.25, 0.3) is 0 Å². The first-order valence-electron chi connectivity index (χ1n) is 9.22. The van der Waals surface area contributed by atoms with Crippen LogP contribution in [0.1, 0.15) is 25.0 Å². The second-order valence-electron chi connectivity index (χ2n) is 6.60. The van der Waals surface area contributed by atoms with Crippen molar-refractivity contribution >= 4 is 32.6 Å². The van der Waals surface area contributed by atoms with Gasteiger partial charge in [-0.15, -0.1) is 0 Å². The summed E-state index contributed by atoms with van der Waals surface area (Å²) in [5, 5.41) is 3.72. The molecule has 0 saturated heterocycles. The molecule has 3 aromatic rings. The number of anilines is 1. The number of hydrogen-bond acceptors (Lipinski definition) is 4. The Hall–Kier alpha value is -2.64. The van der Waals surface area contributed by atoms with Gasteiger partial charge in [0.2, 0.25) is 15.9 Å². The zero-order valence-electron chi connectivity index (χ0n) is 16.2. The zero-order chi connectivity index (χ0) is 20.3. The van der Waals surface area contributed by atoms with Gasteiger partial charge in [0.05, 0.1) is 17.6 Å². The molecule has 0 aliphatic heterocycles. The van der Waals surface area contributed by atoms with Crippen LogP contribution >= 0.6 is 0 Å². The Balaban J connectivity index is 1.70. The second-order valence-corrected chi connectivity index (χ2v) is 8.54. The highest BCUT2D eigenvalue weighted by Gasteiger charge is 2.21. The van der Waals surface area contributed by atoms with Crippen molar-refractivity contribution < 1.29 is 17.6 Å². The van der Waals surface area contributed by atoms with Crippen LogP contribution in [0.25, 0.3) is 11.0 Å². The molecule has 148 valence electrons. The lowest BCUT2D eigenvalue weighted by Crippen LogP contribution is -2.30. The number of fused-ring (bicyclic) bond motifs is 1. The molecule has 0 fully saturated rings. The van der Waals surface area contributed by atoms with E-state index in [1.165, 1.54) is 16.4 Å². The third kappa shape index (κ3) is 4.10. The minimum atomic E-state index is -3.51. The predicted molar refractivity (Wildman–Crippen MR) is 110 cm³/mol. The van der Waals surface area contributed by atoms with Crippen LogP contribution in [0.3, 0.4) is 0 Å². The Morgan fingerprint density at radius 2 is 1.75 bits per heavy atom. The van der Waals surface area contributed by atoms with E-state index in [1.807, 2.05) is 25.1 Å². The van der Waals surface area contributed by atoms with Crippen molar-refractivity contribution in [2.45, 2.75) is 32.1 Å². The molecule has 0 atom stereocenters. The van der Waals surface area contributed by atoms with E-state index in [1.54, 1.807) is 32.2 Å². The summed E-state index contributed by atoms with van der Waals surface area (Å²) in [5.41, 5.74) is 3.21. The van der Waals surface area contributed by atoms with Crippen LogP contribution < -0.4 is 5.32 Å². The SMILES string of the molecule is CCN(CC)S(=O)(=O)c1ccc(NC(=O)Cc2coc3cc(C)ccc23)cc1. The molecule has 0 unspecified atom stereocenters. The van der Waals surface area contributed by atoms with Crippen LogP contribution in [-0.4, -0.2) is 31.7 Å². The lowest BCUT2D eigenvalue weighted by molar-refractivity contribution is -0.115. The van der Waals surface area contributed by atoms with E-state index in [4.69, 9.17) is 4.42 Å². The Morgan fingerprint density at radius 3 is 2.39 bits per heavy atom. The number of nitrogens with zero attached hydrogens (tertiary/aromatic N) is 1. The molecule has 1 amide bonds. The number of rotatable bonds is 7. The molecule has 0 aliphatic carbocycles. The summed E-state index contributed by atoms with van der Waals surface area (Å²) in [6, 6.07) is 12.1. The first-order chi connectivity index (χ1) is 13.3. The summed E-state index contributed by atoms with van der Waals surface area (Å²) >= 11 is 0. The summed E-state index contributed by atoms with van der Waals surface area (Å²) in [4.78, 5) is 12.6. The molecule has 3 rings (SSSR count). The lowest BCUT2D eigenvalue weighted by Gasteiger charge is -2.18. The maximum absolute atomic E-state index is 12.5. The third-order valence-corrected chi connectivity index (χ3v) is 6.71. The summed E-state index contributed by atoms with van der Waals surface area (Å²) in [5.74, 6) is -0.192. The number of aryl methyl sites for hydroxylation is 1. The molecule has 2 aromatic carbocycles. The molecular formula is C21H24N2O4S. The maximum Gasteiger partial charge on any atom is 0.243 e. The maximum atomic E-state index is 12.5. The van der Waals surface area contributed by atoms with Crippen molar-refractivity contribution in [2.75, 3.05) is 18.4 Å². The molecule has 28 heavy (non-hydrogen) atoms. The Morgan fingerprint density at radius 1 is 1.07 bits per heavy atom. The van der Waals surface area contributed by atoms with Crippen molar-refractivity contribution in [3.8, 4) is 0 Å². The number of benzene rings is 2. The van der Waals surface area contributed by atoms with Crippen LogP contribution in [-0.2, 0) is 21.2 Å². The van der Waals surface area contributed by atoms with Gasteiger partial charge in [-0.1, -0.05) is 26.0 Å². The van der Waals surface area contributed by atoms with Crippen molar-refractivity contribution in [3.63, 3.8) is 0 Å². The predicted octanol–water partition coefficient (Wildman–Crippen LogP) is 3.95. The largest absolute Gasteiger partial charge is 0.464 e. The van der Waals surface area contributed by atoms with Gasteiger partial charge >= 0.3 is 0 Å². The highest BCUT2D eigenvalue weighted by Crippen LogP contribution is 2.23. The second kappa shape index (κ2) is 8.16. The number of sulfonamides is 1. The molecule has 6 nitrogen and oxygen atoms in total. The van der Waals surface area contributed by atoms with Gasteiger partial charge in [0.15, 0.2) is 0 Å². The minimum Gasteiger partial charge on any atom is -0.464 e. The molecule has 0 spiro atoms. The molecule has 0 aliphatic rings. The van der Waals surface area contributed by atoms with Crippen molar-refractivity contribution in [2.24, 2.45) is 0 Å². The first-order valence-corrected chi connectivity index (χ1v) is 10.7. The minimum absolute atomic E-state index is 0.176. The van der Waals surface area contributed by atoms with Gasteiger partial charge in [-0.2, -0.15) is 4.31 Å². The monoisotopic (exact) mass is 400 g/mol. The fourth-order valence-corrected chi connectivity index (χ4v) is 4.59. The van der Waals surface area contributed by atoms with Gasteiger partial charge in [-0.25, -0.2) is 8.42 Å². The summed E-state index contributed by atoms with van der Waals surface area (Å²) < 4.78 is 32.0. The highest BCUT2D eigenvalue weighted by atomic mass is 32.2. The van der Waals surface area contributed by atoms with Crippen molar-refractivity contribution in [1.82, 2.24) is 4.31 Å². The Labute approximate surface area is 165 Å². The molecule has 7 heteroatoms. The van der Waals surface area contributed by atoms with Crippen molar-refractivity contribution in [1.29, 1.82) is 0 Å². The van der Waals surface area contributed by atoms with Gasteiger partial charge in [0.1, 0.15) is 5.58 Å². The van der Waals surface area contributed by atoms with Gasteiger partial charge in [-0.05, 0) is 42.8 Å². The van der Waals surface area contributed by atoms with Crippen molar-refractivity contribution in [3.05, 3.63) is 59.9 Å². The molecule has 1 aromatic heterocycles. The normalized spacial score (nSPS) is 11.9. The van der Waals surface area contributed by atoms with Gasteiger partial charge in [0, 0.05) is 29.7 Å². The Kier molecular flexibility index (Phi) is 5.86. The van der Waals surface area contributed by atoms with Crippen LogP contribution in [0.15, 0.2) is 58.0 Å². The van der Waals surface area contributed by atoms with Gasteiger partial charge in [-0.3, -0.25) is 4.79 Å². The van der Waals surface area contributed by atoms with Crippen LogP contribution in [0, 0.1) is 6.92 Å². The van der Waals surface area contributed by atoms with E-state index in [0.717, 1.165) is 22.1 Å². The number of amides is 1. The fraction of sp³-hybridized carbons (Fsp3) is 0.286. The van der Waals surface area contributed by atoms with E-state index < -0.39 is 10.0 Å². The summed E-state index contributed by atoms with van der Waals surface area (Å²) in [6.07, 6.45) is 1.78. The standard InChI is InChI=1S/C21H24N2O4S/c1-4-23(5-2)28(25,26)18-9-7-17(8-10-18)22-21(24)13-16-14-27-20-12-15(3)6-11-19(16)20/h6-12,14H,4-5,13H2,1-3H3,(H,22,24). The number of carbonyl (C=O) groups is 1. The molecule has 1 heterocycles. The Bertz CT molecular complexity index is 1080. The fourth-order valence-electron chi connectivity index (χ4n) is 3.13. The molecule has 0 radical (unpaired) electrons. The van der Waals surface area contributed by atoms with Crippen LogP contribution in [0.2, 0.25) is 0 Å². The van der Waals surface area contributed by atoms with Crippen LogP contribution in [0.5, 0.6) is 0 Å². The number of hydrogen-bond donors (Lipinski definition) is 1. The third-order valence-electron chi connectivity index (χ3n) is 4.64. The average Bonchev–Trinajstić information content (AvgIpc) is 3.04. The van der Waals surface area contributed by atoms with E-state index in [-0.39, 0.29) is 17.2 Å². The number of nitrogens with one attached hydrogen (secondary N) is 1. The topological polar surface area (TPSA) is 79.6 Å². The van der Waals surface area contributed by atoms with Gasteiger partial charge < -0.3 is 9.73 Å². The summed E-state index contributed by atoms with van der Waals surface area (Å²) in [7, 11) is -3.51. The first kappa shape index (κ1) is 20.1. The molecule has 1 N–H and O–H groups in total. The lowest BCUT2D eigenvalue weighted by atomic mass is 10.1. The zero-order valence-corrected chi connectivity index (χ0v) is 17.0. The smallest absolute Gasteiger partial charge is 0.243 e. The van der Waals surface area contributed by atoms with E-state index >= 15 is 0 Å². The van der Waals surface area contributed by atoms with E-state index in [9.17, 15) is 13.2 Å². The highest BCUT2D eigenvalue weighted by molar-refractivity contribution is 7.89.